The van der Waals surface area contributed by atoms with Gasteiger partial charge in [-0.15, -0.1) is 0 Å². The van der Waals surface area contributed by atoms with Crippen LogP contribution in [0, 0.1) is 0 Å². The first-order valence-corrected chi connectivity index (χ1v) is 4.40. The molecule has 0 amide bonds. The number of hydrogen-bond donors (Lipinski definition) is 3. The van der Waals surface area contributed by atoms with Crippen LogP contribution in [0.15, 0.2) is 0 Å². The van der Waals surface area contributed by atoms with Crippen molar-refractivity contribution in [3.8, 4) is 0 Å². The van der Waals surface area contributed by atoms with Gasteiger partial charge in [0.25, 0.3) is 0 Å². The second kappa shape index (κ2) is 4.67. The van der Waals surface area contributed by atoms with Crippen LogP contribution < -0.4 is 31.9 Å². The van der Waals surface area contributed by atoms with E-state index in [4.69, 9.17) is 36.4 Å². The average molecular weight is 221 g/mol. The van der Waals surface area contributed by atoms with Gasteiger partial charge in [-0.2, -0.15) is 22.8 Å². The SMILES string of the molecule is Nc1nc(N)nc(N)n1.O=P([O-])([O-])[O-]. The fourth-order valence-corrected chi connectivity index (χ4v) is 0.427. The number of nitrogens with two attached hydrogens (primary N) is 3. The van der Waals surface area contributed by atoms with Crippen LogP contribution in [-0.4, -0.2) is 15.0 Å². The maximum atomic E-state index is 8.55. The van der Waals surface area contributed by atoms with E-state index >= 15 is 0 Å². The molecule has 1 heterocycles. The molecule has 0 aliphatic rings. The molecule has 0 aromatic carbocycles. The summed E-state index contributed by atoms with van der Waals surface area (Å²) < 4.78 is 8.55. The molecule has 0 radical (unpaired) electrons. The van der Waals surface area contributed by atoms with Crippen LogP contribution in [0.4, 0.5) is 17.8 Å². The molecule has 1 aromatic heterocycles. The summed E-state index contributed by atoms with van der Waals surface area (Å²) in [5.41, 5.74) is 15.4. The van der Waals surface area contributed by atoms with Gasteiger partial charge in [-0.25, -0.2) is 0 Å². The van der Waals surface area contributed by atoms with Crippen LogP contribution in [0.25, 0.3) is 0 Å². The number of nitrogen functional groups attached to an aromatic ring is 3. The fraction of sp³-hybridized carbons (Fsp3) is 0. The standard InChI is InChI=1S/C3H6N6.H3O4P/c4-1-7-2(5)9-3(6)8-1;1-5(2,3)4/h(H6,4,5,6,7,8,9);(H3,1,2,3,4)/p-3. The van der Waals surface area contributed by atoms with E-state index in [9.17, 15) is 0 Å². The number of aromatic nitrogens is 3. The number of hydrogen-bond acceptors (Lipinski definition) is 10. The van der Waals surface area contributed by atoms with Crippen LogP contribution in [0.5, 0.6) is 0 Å². The largest absolute Gasteiger partial charge is 0.822 e. The zero-order chi connectivity index (χ0) is 11.4. The topological polar surface area (TPSA) is 203 Å². The summed E-state index contributed by atoms with van der Waals surface area (Å²) in [6.45, 7) is 0. The molecule has 11 heteroatoms. The molecule has 0 atom stereocenters. The highest BCUT2D eigenvalue weighted by Gasteiger charge is 1.93. The minimum Gasteiger partial charge on any atom is -0.822 e. The van der Waals surface area contributed by atoms with Crippen LogP contribution in [0.2, 0.25) is 0 Å². The lowest BCUT2D eigenvalue weighted by Gasteiger charge is -2.36. The second-order valence-electron chi connectivity index (χ2n) is 1.86. The molecule has 80 valence electrons. The van der Waals surface area contributed by atoms with Gasteiger partial charge in [0.2, 0.25) is 17.8 Å². The lowest BCUT2D eigenvalue weighted by molar-refractivity contribution is -0.432. The van der Waals surface area contributed by atoms with Crippen LogP contribution in [-0.2, 0) is 4.57 Å². The lowest BCUT2D eigenvalue weighted by atomic mass is 10.9. The Labute approximate surface area is 78.0 Å². The lowest BCUT2D eigenvalue weighted by Crippen LogP contribution is -2.24. The Morgan fingerprint density at radius 2 is 1.00 bits per heavy atom. The maximum Gasteiger partial charge on any atom is 0.226 e. The molecule has 1 aromatic rings. The smallest absolute Gasteiger partial charge is 0.226 e. The predicted molar refractivity (Wildman–Crippen MR) is 40.7 cm³/mol. The number of rotatable bonds is 0. The maximum absolute atomic E-state index is 8.55. The molecule has 0 saturated heterocycles. The monoisotopic (exact) mass is 221 g/mol. The molecule has 0 fully saturated rings. The first-order valence-electron chi connectivity index (χ1n) is 2.94. The molecule has 0 bridgehead atoms. The molecule has 0 saturated carbocycles. The van der Waals surface area contributed by atoms with Crippen molar-refractivity contribution in [2.24, 2.45) is 0 Å². The van der Waals surface area contributed by atoms with E-state index in [0.717, 1.165) is 0 Å². The average Bonchev–Trinajstić information content (AvgIpc) is 1.77. The molecule has 0 aliphatic heterocycles. The minimum absolute atomic E-state index is 0.0417. The van der Waals surface area contributed by atoms with Crippen molar-refractivity contribution in [3.05, 3.63) is 0 Å². The summed E-state index contributed by atoms with van der Waals surface area (Å²) in [7, 11) is -5.39. The van der Waals surface area contributed by atoms with Crippen molar-refractivity contribution in [2.75, 3.05) is 17.2 Å². The summed E-state index contributed by atoms with van der Waals surface area (Å²) in [5, 5.41) is 0. The third kappa shape index (κ3) is 8.62. The van der Waals surface area contributed by atoms with Gasteiger partial charge in [-0.1, -0.05) is 0 Å². The Hall–Kier alpha value is -1.48. The molecule has 0 unspecified atom stereocenters. The molecule has 0 spiro atoms. The van der Waals surface area contributed by atoms with Crippen LogP contribution >= 0.6 is 7.82 Å². The zero-order valence-corrected chi connectivity index (χ0v) is 7.55. The first kappa shape index (κ1) is 12.5. The number of anilines is 3. The third-order valence-corrected chi connectivity index (χ3v) is 0.687. The van der Waals surface area contributed by atoms with Crippen molar-refractivity contribution in [2.45, 2.75) is 0 Å². The van der Waals surface area contributed by atoms with E-state index < -0.39 is 7.82 Å². The molecule has 14 heavy (non-hydrogen) atoms. The summed E-state index contributed by atoms with van der Waals surface area (Å²) in [6.07, 6.45) is 0. The van der Waals surface area contributed by atoms with E-state index in [1.807, 2.05) is 0 Å². The van der Waals surface area contributed by atoms with E-state index in [-0.39, 0.29) is 17.8 Å². The highest BCUT2D eigenvalue weighted by atomic mass is 31.2. The van der Waals surface area contributed by atoms with Gasteiger partial charge in [0.15, 0.2) is 0 Å². The highest BCUT2D eigenvalue weighted by molar-refractivity contribution is 7.40. The van der Waals surface area contributed by atoms with Crippen molar-refractivity contribution < 1.29 is 19.2 Å². The summed E-state index contributed by atoms with van der Waals surface area (Å²) in [6, 6.07) is 0. The Balaban J connectivity index is 0.000000292. The second-order valence-corrected chi connectivity index (χ2v) is 2.75. The summed E-state index contributed by atoms with van der Waals surface area (Å²) >= 11 is 0. The molecule has 0 aliphatic carbocycles. The normalized spacial score (nSPS) is 10.2. The van der Waals surface area contributed by atoms with Crippen molar-refractivity contribution in [1.82, 2.24) is 15.0 Å². The predicted octanol–water partition coefficient (Wildman–Crippen LogP) is -4.21. The van der Waals surface area contributed by atoms with E-state index in [1.165, 1.54) is 0 Å². The zero-order valence-electron chi connectivity index (χ0n) is 6.65. The van der Waals surface area contributed by atoms with E-state index in [2.05, 4.69) is 15.0 Å². The van der Waals surface area contributed by atoms with Gasteiger partial charge in [-0.3, -0.25) is 0 Å². The molecule has 1 rings (SSSR count). The highest BCUT2D eigenvalue weighted by Crippen LogP contribution is 2.03. The summed E-state index contributed by atoms with van der Waals surface area (Å²) in [5.74, 6) is 0.125. The van der Waals surface area contributed by atoms with Crippen LogP contribution in [0.3, 0.4) is 0 Å². The number of nitrogens with zero attached hydrogens (tertiary/aromatic N) is 3. The summed E-state index contributed by atoms with van der Waals surface area (Å²) in [4.78, 5) is 36.1. The quantitative estimate of drug-likeness (QED) is 0.360. The van der Waals surface area contributed by atoms with E-state index in [1.54, 1.807) is 0 Å². The van der Waals surface area contributed by atoms with Crippen molar-refractivity contribution in [1.29, 1.82) is 0 Å². The Morgan fingerprint density at radius 3 is 1.14 bits per heavy atom. The third-order valence-electron chi connectivity index (χ3n) is 0.687. The first-order chi connectivity index (χ1) is 6.18. The Morgan fingerprint density at radius 1 is 0.857 bits per heavy atom. The van der Waals surface area contributed by atoms with Gasteiger partial charge < -0.3 is 36.4 Å². The minimum atomic E-state index is -5.39. The molecule has 10 nitrogen and oxygen atoms in total. The van der Waals surface area contributed by atoms with E-state index in [0.29, 0.717) is 0 Å². The fourth-order valence-electron chi connectivity index (χ4n) is 0.427. The van der Waals surface area contributed by atoms with Gasteiger partial charge in [0.1, 0.15) is 0 Å². The van der Waals surface area contributed by atoms with Gasteiger partial charge in [-0.05, 0) is 0 Å². The Kier molecular flexibility index (Phi) is 4.18. The van der Waals surface area contributed by atoms with Crippen molar-refractivity contribution in [3.63, 3.8) is 0 Å². The molecular formula is C3H6N6O4P-3. The number of phosphoric acid groups is 1. The van der Waals surface area contributed by atoms with Crippen LogP contribution in [0.1, 0.15) is 0 Å². The molecular weight excluding hydrogens is 215 g/mol. The van der Waals surface area contributed by atoms with Gasteiger partial charge >= 0.3 is 0 Å². The van der Waals surface area contributed by atoms with Gasteiger partial charge in [0.05, 0.1) is 0 Å². The molecule has 6 N–H and O–H groups in total. The van der Waals surface area contributed by atoms with Crippen molar-refractivity contribution >= 4 is 25.7 Å². The Bertz CT molecular complexity index is 292. The van der Waals surface area contributed by atoms with Gasteiger partial charge in [0, 0.05) is 0 Å².